The van der Waals surface area contributed by atoms with Gasteiger partial charge >= 0.3 is 0 Å². The average molecular weight is 306 g/mol. The quantitative estimate of drug-likeness (QED) is 0.518. The summed E-state index contributed by atoms with van der Waals surface area (Å²) >= 11 is 5.83. The van der Waals surface area contributed by atoms with Crippen LogP contribution in [0, 0.1) is 5.82 Å². The van der Waals surface area contributed by atoms with Gasteiger partial charge in [0.2, 0.25) is 5.91 Å². The number of benzene rings is 2. The summed E-state index contributed by atoms with van der Waals surface area (Å²) < 4.78 is 13.5. The van der Waals surface area contributed by atoms with Crippen molar-refractivity contribution in [3.05, 3.63) is 64.4 Å². The number of nitrogens with zero attached hydrogens (tertiary/aromatic N) is 1. The van der Waals surface area contributed by atoms with E-state index in [-0.39, 0.29) is 22.9 Å². The number of nitrogen functional groups attached to an aromatic ring is 1. The van der Waals surface area contributed by atoms with Crippen LogP contribution in [0.3, 0.4) is 0 Å². The standard InChI is InChI=1S/C15H13ClFN3O/c16-13-2-1-3-14(17)12(13)9-19-20-15(21)8-10-4-6-11(18)7-5-10/h1-7,9H,8,18H2,(H,20,21)/b19-9-. The van der Waals surface area contributed by atoms with Crippen LogP contribution >= 0.6 is 11.6 Å². The van der Waals surface area contributed by atoms with Crippen molar-refractivity contribution < 1.29 is 9.18 Å². The first-order valence-corrected chi connectivity index (χ1v) is 6.54. The molecule has 0 fully saturated rings. The zero-order valence-electron chi connectivity index (χ0n) is 11.0. The van der Waals surface area contributed by atoms with Crippen LogP contribution in [-0.2, 0) is 11.2 Å². The van der Waals surface area contributed by atoms with Crippen LogP contribution in [0.15, 0.2) is 47.6 Å². The topological polar surface area (TPSA) is 67.5 Å². The molecule has 0 bridgehead atoms. The van der Waals surface area contributed by atoms with Gasteiger partial charge in [-0.3, -0.25) is 4.79 Å². The molecular formula is C15H13ClFN3O. The van der Waals surface area contributed by atoms with E-state index >= 15 is 0 Å². The maximum atomic E-state index is 13.5. The second-order valence-corrected chi connectivity index (χ2v) is 4.75. The Kier molecular flexibility index (Phi) is 4.90. The van der Waals surface area contributed by atoms with E-state index in [0.717, 1.165) is 5.56 Å². The minimum Gasteiger partial charge on any atom is -0.399 e. The number of halogens is 2. The Labute approximate surface area is 126 Å². The maximum absolute atomic E-state index is 13.5. The molecule has 108 valence electrons. The van der Waals surface area contributed by atoms with Crippen molar-refractivity contribution in [1.29, 1.82) is 0 Å². The van der Waals surface area contributed by atoms with Crippen LogP contribution in [0.5, 0.6) is 0 Å². The smallest absolute Gasteiger partial charge is 0.244 e. The fraction of sp³-hybridized carbons (Fsp3) is 0.0667. The van der Waals surface area contributed by atoms with E-state index in [1.807, 2.05) is 0 Å². The molecule has 0 aromatic heterocycles. The molecular weight excluding hydrogens is 293 g/mol. The molecule has 3 N–H and O–H groups in total. The summed E-state index contributed by atoms with van der Waals surface area (Å²) in [5, 5.41) is 3.93. The Morgan fingerprint density at radius 2 is 2.00 bits per heavy atom. The SMILES string of the molecule is Nc1ccc(CC(=O)N/N=C\c2c(F)cccc2Cl)cc1. The summed E-state index contributed by atoms with van der Waals surface area (Å²) in [5.74, 6) is -0.817. The Morgan fingerprint density at radius 1 is 1.29 bits per heavy atom. The van der Waals surface area contributed by atoms with Crippen LogP contribution < -0.4 is 11.2 Å². The molecule has 0 aliphatic heterocycles. The summed E-state index contributed by atoms with van der Waals surface area (Å²) in [6, 6.07) is 11.2. The molecule has 0 aliphatic carbocycles. The fourth-order valence-corrected chi connectivity index (χ4v) is 1.88. The molecule has 21 heavy (non-hydrogen) atoms. The second kappa shape index (κ2) is 6.85. The van der Waals surface area contributed by atoms with E-state index in [0.29, 0.717) is 5.69 Å². The van der Waals surface area contributed by atoms with Crippen molar-refractivity contribution in [2.24, 2.45) is 5.10 Å². The molecule has 0 saturated carbocycles. The molecule has 0 atom stereocenters. The first-order valence-electron chi connectivity index (χ1n) is 6.16. The number of nitrogens with two attached hydrogens (primary N) is 1. The summed E-state index contributed by atoms with van der Waals surface area (Å²) in [7, 11) is 0. The van der Waals surface area contributed by atoms with Gasteiger partial charge in [0, 0.05) is 11.3 Å². The van der Waals surface area contributed by atoms with Gasteiger partial charge in [-0.1, -0.05) is 29.8 Å². The molecule has 0 heterocycles. The van der Waals surface area contributed by atoms with Gasteiger partial charge < -0.3 is 5.73 Å². The molecule has 0 unspecified atom stereocenters. The van der Waals surface area contributed by atoms with E-state index in [1.54, 1.807) is 30.3 Å². The number of nitrogens with one attached hydrogen (secondary N) is 1. The first-order chi connectivity index (χ1) is 10.1. The van der Waals surface area contributed by atoms with Crippen molar-refractivity contribution in [1.82, 2.24) is 5.43 Å². The third-order valence-corrected chi connectivity index (χ3v) is 3.06. The predicted octanol–water partition coefficient (Wildman–Crippen LogP) is 2.75. The molecule has 6 heteroatoms. The van der Waals surface area contributed by atoms with Crippen LogP contribution in [-0.4, -0.2) is 12.1 Å². The molecule has 0 spiro atoms. The van der Waals surface area contributed by atoms with Crippen molar-refractivity contribution in [3.8, 4) is 0 Å². The minimum atomic E-state index is -0.501. The number of rotatable bonds is 4. The van der Waals surface area contributed by atoms with E-state index in [1.165, 1.54) is 18.3 Å². The summed E-state index contributed by atoms with van der Waals surface area (Å²) in [6.07, 6.45) is 1.33. The van der Waals surface area contributed by atoms with Crippen molar-refractivity contribution in [2.45, 2.75) is 6.42 Å². The minimum absolute atomic E-state index is 0.131. The van der Waals surface area contributed by atoms with Gasteiger partial charge in [0.1, 0.15) is 5.82 Å². The lowest BCUT2D eigenvalue weighted by atomic mass is 10.1. The molecule has 2 rings (SSSR count). The monoisotopic (exact) mass is 305 g/mol. The van der Waals surface area contributed by atoms with E-state index in [4.69, 9.17) is 17.3 Å². The molecule has 2 aromatic carbocycles. The van der Waals surface area contributed by atoms with Crippen molar-refractivity contribution >= 4 is 29.4 Å². The molecule has 0 saturated heterocycles. The number of carbonyl (C=O) groups is 1. The molecule has 2 aromatic rings. The number of hydrogen-bond donors (Lipinski definition) is 2. The summed E-state index contributed by atoms with van der Waals surface area (Å²) in [5.41, 5.74) is 9.45. The van der Waals surface area contributed by atoms with E-state index in [2.05, 4.69) is 10.5 Å². The zero-order chi connectivity index (χ0) is 15.2. The third kappa shape index (κ3) is 4.29. The second-order valence-electron chi connectivity index (χ2n) is 4.35. The Bertz CT molecular complexity index is 651. The van der Waals surface area contributed by atoms with Gasteiger partial charge in [0.05, 0.1) is 17.7 Å². The van der Waals surface area contributed by atoms with Crippen molar-refractivity contribution in [3.63, 3.8) is 0 Å². The van der Waals surface area contributed by atoms with Gasteiger partial charge in [-0.15, -0.1) is 0 Å². The largest absolute Gasteiger partial charge is 0.399 e. The molecule has 1 amide bonds. The lowest BCUT2D eigenvalue weighted by Crippen LogP contribution is -2.19. The zero-order valence-corrected chi connectivity index (χ0v) is 11.8. The highest BCUT2D eigenvalue weighted by Gasteiger charge is 2.05. The Hall–Kier alpha value is -2.40. The van der Waals surface area contributed by atoms with E-state index in [9.17, 15) is 9.18 Å². The molecule has 4 nitrogen and oxygen atoms in total. The number of anilines is 1. The van der Waals surface area contributed by atoms with Crippen LogP contribution in [0.25, 0.3) is 0 Å². The van der Waals surface area contributed by atoms with Crippen LogP contribution in [0.4, 0.5) is 10.1 Å². The van der Waals surface area contributed by atoms with Gasteiger partial charge in [0.25, 0.3) is 0 Å². The van der Waals surface area contributed by atoms with Crippen molar-refractivity contribution in [2.75, 3.05) is 5.73 Å². The number of amides is 1. The highest BCUT2D eigenvalue weighted by atomic mass is 35.5. The number of carbonyl (C=O) groups excluding carboxylic acids is 1. The van der Waals surface area contributed by atoms with Crippen LogP contribution in [0.1, 0.15) is 11.1 Å². The van der Waals surface area contributed by atoms with E-state index < -0.39 is 5.82 Å². The van der Waals surface area contributed by atoms with Gasteiger partial charge in [-0.05, 0) is 29.8 Å². The normalized spacial score (nSPS) is 10.8. The first kappa shape index (κ1) is 15.0. The van der Waals surface area contributed by atoms with Gasteiger partial charge in [-0.25, -0.2) is 9.82 Å². The lowest BCUT2D eigenvalue weighted by Gasteiger charge is -2.02. The van der Waals surface area contributed by atoms with Crippen LogP contribution in [0.2, 0.25) is 5.02 Å². The Morgan fingerprint density at radius 3 is 2.67 bits per heavy atom. The van der Waals surface area contributed by atoms with Gasteiger partial charge in [-0.2, -0.15) is 5.10 Å². The highest BCUT2D eigenvalue weighted by molar-refractivity contribution is 6.33. The lowest BCUT2D eigenvalue weighted by molar-refractivity contribution is -0.120. The molecule has 0 aliphatic rings. The molecule has 0 radical (unpaired) electrons. The Balaban J connectivity index is 1.95. The summed E-state index contributed by atoms with van der Waals surface area (Å²) in [6.45, 7) is 0. The third-order valence-electron chi connectivity index (χ3n) is 2.73. The number of hydrazone groups is 1. The predicted molar refractivity (Wildman–Crippen MR) is 81.7 cm³/mol. The highest BCUT2D eigenvalue weighted by Crippen LogP contribution is 2.16. The maximum Gasteiger partial charge on any atom is 0.244 e. The average Bonchev–Trinajstić information content (AvgIpc) is 2.45. The number of hydrogen-bond acceptors (Lipinski definition) is 3. The van der Waals surface area contributed by atoms with Gasteiger partial charge in [0.15, 0.2) is 0 Å². The summed E-state index contributed by atoms with van der Waals surface area (Å²) in [4.78, 5) is 11.7. The fourth-order valence-electron chi connectivity index (χ4n) is 1.66.